The molecule has 0 saturated carbocycles. The van der Waals surface area contributed by atoms with Crippen molar-refractivity contribution in [3.63, 3.8) is 0 Å². The Hall–Kier alpha value is -2.83. The number of amides is 2. The van der Waals surface area contributed by atoms with Crippen molar-refractivity contribution in [2.45, 2.75) is 18.3 Å². The number of carbonyl (C=O) groups is 2. The molecule has 0 unspecified atom stereocenters. The van der Waals surface area contributed by atoms with Gasteiger partial charge in [0.1, 0.15) is 5.82 Å². The maximum Gasteiger partial charge on any atom is 0.268 e. The Morgan fingerprint density at radius 1 is 1.12 bits per heavy atom. The number of aryl methyl sites for hydroxylation is 1. The van der Waals surface area contributed by atoms with Crippen molar-refractivity contribution in [1.29, 1.82) is 0 Å². The second-order valence-electron chi connectivity index (χ2n) is 7.96. The van der Waals surface area contributed by atoms with Crippen LogP contribution in [0.15, 0.2) is 66.7 Å². The van der Waals surface area contributed by atoms with Gasteiger partial charge in [0.05, 0.1) is 12.2 Å². The fraction of sp³-hybridized carbons (Fsp3) is 0.200. The summed E-state index contributed by atoms with van der Waals surface area (Å²) in [6, 6.07) is 18.9. The fourth-order valence-corrected chi connectivity index (χ4v) is 6.11. The first-order chi connectivity index (χ1) is 15.4. The molecule has 3 aromatic carbocycles. The van der Waals surface area contributed by atoms with Crippen LogP contribution in [-0.2, 0) is 16.2 Å². The molecule has 0 aromatic heterocycles. The molecule has 32 heavy (non-hydrogen) atoms. The highest BCUT2D eigenvalue weighted by Crippen LogP contribution is 2.55. The molecule has 162 valence electrons. The van der Waals surface area contributed by atoms with Crippen LogP contribution >= 0.6 is 23.4 Å². The molecule has 2 amide bonds. The highest BCUT2D eigenvalue weighted by Gasteiger charge is 2.59. The molecule has 1 spiro atoms. The molecule has 5 rings (SSSR count). The molecule has 2 heterocycles. The molecule has 1 fully saturated rings. The van der Waals surface area contributed by atoms with Crippen molar-refractivity contribution in [3.8, 4) is 0 Å². The van der Waals surface area contributed by atoms with E-state index in [0.717, 1.165) is 22.4 Å². The SMILES string of the molecule is Cc1ccc2c(c1)[C@@]1(SCCN1C(=O)c1cccc(F)c1)C(=O)N2Cc1ccccc1Cl. The van der Waals surface area contributed by atoms with Crippen molar-refractivity contribution in [2.24, 2.45) is 0 Å². The molecule has 0 radical (unpaired) electrons. The Balaban J connectivity index is 1.61. The van der Waals surface area contributed by atoms with Crippen molar-refractivity contribution in [2.75, 3.05) is 17.2 Å². The van der Waals surface area contributed by atoms with Crippen LogP contribution in [0.3, 0.4) is 0 Å². The number of carbonyl (C=O) groups excluding carboxylic acids is 2. The van der Waals surface area contributed by atoms with Crippen molar-refractivity contribution < 1.29 is 14.0 Å². The summed E-state index contributed by atoms with van der Waals surface area (Å²) in [5.41, 5.74) is 3.63. The number of halogens is 2. The number of rotatable bonds is 3. The van der Waals surface area contributed by atoms with E-state index < -0.39 is 10.7 Å². The van der Waals surface area contributed by atoms with Gasteiger partial charge in [-0.1, -0.05) is 53.6 Å². The zero-order chi connectivity index (χ0) is 22.5. The minimum atomic E-state index is -1.17. The Kier molecular flexibility index (Phi) is 5.22. The molecule has 0 aliphatic carbocycles. The Morgan fingerprint density at radius 3 is 2.72 bits per heavy atom. The highest BCUT2D eigenvalue weighted by atomic mass is 35.5. The summed E-state index contributed by atoms with van der Waals surface area (Å²) in [4.78, 5) is 29.6. The summed E-state index contributed by atoms with van der Waals surface area (Å²) in [7, 11) is 0. The van der Waals surface area contributed by atoms with E-state index in [1.807, 2.05) is 43.3 Å². The predicted octanol–water partition coefficient (Wildman–Crippen LogP) is 5.38. The number of hydrogen-bond acceptors (Lipinski definition) is 3. The standard InChI is InChI=1S/C25H20ClFN2O2S/c1-16-9-10-22-20(13-16)25(24(31)28(22)15-18-5-2-3-8-21(18)26)29(11-12-32-25)23(30)17-6-4-7-19(27)14-17/h2-10,13-14H,11-12,15H2,1H3/t25-/m1/s1. The maximum absolute atomic E-state index is 14.0. The number of fused-ring (bicyclic) bond motifs is 2. The fourth-order valence-electron chi connectivity index (χ4n) is 4.46. The quantitative estimate of drug-likeness (QED) is 0.520. The van der Waals surface area contributed by atoms with Crippen molar-refractivity contribution in [3.05, 3.63) is 99.8 Å². The summed E-state index contributed by atoms with van der Waals surface area (Å²) in [6.07, 6.45) is 0. The third-order valence-corrected chi connectivity index (χ3v) is 7.74. The smallest absolute Gasteiger partial charge is 0.268 e. The molecular formula is C25H20ClFN2O2S. The van der Waals surface area contributed by atoms with Gasteiger partial charge in [0.25, 0.3) is 11.8 Å². The maximum atomic E-state index is 14.0. The van der Waals surface area contributed by atoms with Crippen LogP contribution in [0.2, 0.25) is 5.02 Å². The largest absolute Gasteiger partial charge is 0.311 e. The van der Waals surface area contributed by atoms with Gasteiger partial charge in [-0.2, -0.15) is 0 Å². The van der Waals surface area contributed by atoms with Crippen LogP contribution in [0, 0.1) is 12.7 Å². The molecule has 3 aromatic rings. The van der Waals surface area contributed by atoms with E-state index in [1.54, 1.807) is 21.9 Å². The minimum Gasteiger partial charge on any atom is -0.311 e. The van der Waals surface area contributed by atoms with E-state index in [4.69, 9.17) is 11.6 Å². The lowest BCUT2D eigenvalue weighted by molar-refractivity contribution is -0.123. The van der Waals surface area contributed by atoms with Crippen LogP contribution in [0.4, 0.5) is 10.1 Å². The number of hydrogen-bond donors (Lipinski definition) is 0. The average Bonchev–Trinajstić information content (AvgIpc) is 3.32. The first-order valence-electron chi connectivity index (χ1n) is 10.3. The van der Waals surface area contributed by atoms with E-state index in [9.17, 15) is 14.0 Å². The Morgan fingerprint density at radius 2 is 1.94 bits per heavy atom. The second kappa shape index (κ2) is 7.94. The van der Waals surface area contributed by atoms with Crippen LogP contribution in [0.25, 0.3) is 0 Å². The number of anilines is 1. The van der Waals surface area contributed by atoms with Crippen molar-refractivity contribution >= 4 is 40.9 Å². The van der Waals surface area contributed by atoms with Gasteiger partial charge in [-0.05, 0) is 42.8 Å². The van der Waals surface area contributed by atoms with Crippen molar-refractivity contribution in [1.82, 2.24) is 4.90 Å². The molecule has 7 heteroatoms. The Labute approximate surface area is 195 Å². The molecule has 1 atom stereocenters. The van der Waals surface area contributed by atoms with E-state index in [0.29, 0.717) is 23.9 Å². The van der Waals surface area contributed by atoms with Gasteiger partial charge in [-0.25, -0.2) is 4.39 Å². The summed E-state index contributed by atoms with van der Waals surface area (Å²) in [5, 5.41) is 0.585. The second-order valence-corrected chi connectivity index (χ2v) is 9.66. The van der Waals surface area contributed by atoms with Gasteiger partial charge in [0.15, 0.2) is 4.87 Å². The lowest BCUT2D eigenvalue weighted by Crippen LogP contribution is -2.50. The van der Waals surface area contributed by atoms with Crippen LogP contribution < -0.4 is 4.90 Å². The predicted molar refractivity (Wildman–Crippen MR) is 125 cm³/mol. The summed E-state index contributed by atoms with van der Waals surface area (Å²) >= 11 is 7.84. The minimum absolute atomic E-state index is 0.176. The van der Waals surface area contributed by atoms with Gasteiger partial charge in [0.2, 0.25) is 0 Å². The molecule has 2 aliphatic rings. The zero-order valence-electron chi connectivity index (χ0n) is 17.3. The van der Waals surface area contributed by atoms with Crippen LogP contribution in [0.5, 0.6) is 0 Å². The van der Waals surface area contributed by atoms with E-state index in [-0.39, 0.29) is 17.4 Å². The van der Waals surface area contributed by atoms with Crippen LogP contribution in [0.1, 0.15) is 27.0 Å². The van der Waals surface area contributed by atoms with E-state index in [2.05, 4.69) is 0 Å². The third-order valence-electron chi connectivity index (χ3n) is 5.95. The molecule has 0 N–H and O–H groups in total. The molecule has 1 saturated heterocycles. The lowest BCUT2D eigenvalue weighted by Gasteiger charge is -2.33. The number of thioether (sulfide) groups is 1. The summed E-state index contributed by atoms with van der Waals surface area (Å²) in [5.74, 6) is -0.397. The zero-order valence-corrected chi connectivity index (χ0v) is 18.9. The van der Waals surface area contributed by atoms with Gasteiger partial charge < -0.3 is 9.80 Å². The molecule has 0 bridgehead atoms. The Bertz CT molecular complexity index is 1250. The van der Waals surface area contributed by atoms with Gasteiger partial charge >= 0.3 is 0 Å². The molecule has 2 aliphatic heterocycles. The van der Waals surface area contributed by atoms with E-state index in [1.165, 1.54) is 30.0 Å². The van der Waals surface area contributed by atoms with Crippen LogP contribution in [-0.4, -0.2) is 29.0 Å². The van der Waals surface area contributed by atoms with Gasteiger partial charge in [-0.3, -0.25) is 9.59 Å². The summed E-state index contributed by atoms with van der Waals surface area (Å²) < 4.78 is 13.8. The monoisotopic (exact) mass is 466 g/mol. The molecule has 4 nitrogen and oxygen atoms in total. The first-order valence-corrected chi connectivity index (χ1v) is 11.7. The van der Waals surface area contributed by atoms with Gasteiger partial charge in [-0.15, -0.1) is 11.8 Å². The topological polar surface area (TPSA) is 40.6 Å². The van der Waals surface area contributed by atoms with E-state index >= 15 is 0 Å². The average molecular weight is 467 g/mol. The highest BCUT2D eigenvalue weighted by molar-refractivity contribution is 8.01. The third kappa shape index (κ3) is 3.21. The lowest BCUT2D eigenvalue weighted by atomic mass is 10.0. The normalized spacial score (nSPS) is 19.7. The summed E-state index contributed by atoms with van der Waals surface area (Å²) in [6.45, 7) is 2.67. The first kappa shape index (κ1) is 21.0. The number of benzene rings is 3. The number of nitrogens with zero attached hydrogens (tertiary/aromatic N) is 2. The van der Waals surface area contributed by atoms with Gasteiger partial charge in [0, 0.05) is 28.4 Å². The molecular weight excluding hydrogens is 447 g/mol.